The minimum absolute atomic E-state index is 0.0560. The largest absolute Gasteiger partial charge is 0.573 e. The Morgan fingerprint density at radius 2 is 1.89 bits per heavy atom. The topological polar surface area (TPSA) is 81.2 Å². The number of oxazole rings is 1. The van der Waals surface area contributed by atoms with Crippen LogP contribution in [0.2, 0.25) is 5.02 Å². The van der Waals surface area contributed by atoms with Gasteiger partial charge in [0.05, 0.1) is 28.9 Å². The zero-order valence-electron chi connectivity index (χ0n) is 19.2. The summed E-state index contributed by atoms with van der Waals surface area (Å²) in [6.07, 6.45) is -2.38. The molecule has 4 heterocycles. The highest BCUT2D eigenvalue weighted by Gasteiger charge is 2.45. The first-order valence-electron chi connectivity index (χ1n) is 11.1. The first-order chi connectivity index (χ1) is 16.4. The molecule has 5 rings (SSSR count). The van der Waals surface area contributed by atoms with Crippen LogP contribution in [-0.4, -0.2) is 53.1 Å². The fourth-order valence-corrected chi connectivity index (χ4v) is 4.89. The quantitative estimate of drug-likeness (QED) is 0.410. The van der Waals surface area contributed by atoms with Gasteiger partial charge >= 0.3 is 12.5 Å². The van der Waals surface area contributed by atoms with E-state index in [-0.39, 0.29) is 40.3 Å². The van der Waals surface area contributed by atoms with Crippen LogP contribution in [0, 0.1) is 0 Å². The number of carbonyl (C=O) groups excluding carboxylic acids is 1. The Bertz CT molecular complexity index is 1240. The van der Waals surface area contributed by atoms with E-state index in [1.165, 1.54) is 12.3 Å². The van der Waals surface area contributed by atoms with E-state index < -0.39 is 17.7 Å². The molecule has 0 spiro atoms. The number of anilines is 1. The van der Waals surface area contributed by atoms with Crippen LogP contribution in [0.15, 0.2) is 33.3 Å². The highest BCUT2D eigenvalue weighted by atomic mass is 35.5. The number of carbonyl (C=O) groups is 1. The maximum Gasteiger partial charge on any atom is 0.573 e. The summed E-state index contributed by atoms with van der Waals surface area (Å²) >= 11 is 6.17. The monoisotopic (exact) mass is 513 g/mol. The molecule has 0 N–H and O–H groups in total. The minimum Gasteiger partial charge on any atom is -0.464 e. The second kappa shape index (κ2) is 8.25. The van der Waals surface area contributed by atoms with Crippen LogP contribution >= 0.6 is 11.6 Å². The van der Waals surface area contributed by atoms with Gasteiger partial charge in [0.25, 0.3) is 6.01 Å². The fourth-order valence-electron chi connectivity index (χ4n) is 4.65. The number of benzene rings is 1. The standard InChI is InChI=1S/C23H23ClF3N3O5/c1-22(2,3)35-21(31)30-12-6-7-13(30)11-29(10-12)20-28-17-18(33-20)14(16-5-4-8-32-16)9-15(24)19(17)34-23(25,26)27/h4-5,8-9,12-13H,6-7,10-11H2,1-3H3. The van der Waals surface area contributed by atoms with Crippen LogP contribution in [0.4, 0.5) is 24.0 Å². The van der Waals surface area contributed by atoms with Gasteiger partial charge in [-0.15, -0.1) is 13.2 Å². The van der Waals surface area contributed by atoms with Crippen LogP contribution in [0.5, 0.6) is 5.75 Å². The molecule has 1 aromatic carbocycles. The molecular weight excluding hydrogens is 491 g/mol. The lowest BCUT2D eigenvalue weighted by atomic mass is 10.1. The van der Waals surface area contributed by atoms with Crippen molar-refractivity contribution >= 4 is 34.8 Å². The summed E-state index contributed by atoms with van der Waals surface area (Å²) in [5, 5.41) is -0.282. The molecule has 2 saturated heterocycles. The molecule has 2 fully saturated rings. The Morgan fingerprint density at radius 3 is 2.46 bits per heavy atom. The summed E-state index contributed by atoms with van der Waals surface area (Å²) in [6, 6.07) is 4.40. The molecule has 2 unspecified atom stereocenters. The number of nitrogens with zero attached hydrogens (tertiary/aromatic N) is 3. The molecule has 2 atom stereocenters. The van der Waals surface area contributed by atoms with Gasteiger partial charge in [0.15, 0.2) is 16.8 Å². The maximum absolute atomic E-state index is 13.1. The van der Waals surface area contributed by atoms with Crippen molar-refractivity contribution in [3.63, 3.8) is 0 Å². The summed E-state index contributed by atoms with van der Waals surface area (Å²) in [5.41, 5.74) is -0.387. The van der Waals surface area contributed by atoms with Gasteiger partial charge < -0.3 is 23.2 Å². The third-order valence-electron chi connectivity index (χ3n) is 5.92. The number of ether oxygens (including phenoxy) is 2. The van der Waals surface area contributed by atoms with Gasteiger partial charge in [-0.3, -0.25) is 4.90 Å². The molecule has 2 aliphatic rings. The smallest absolute Gasteiger partial charge is 0.464 e. The number of piperazine rings is 1. The lowest BCUT2D eigenvalue weighted by Crippen LogP contribution is -2.56. The first kappa shape index (κ1) is 23.7. The summed E-state index contributed by atoms with van der Waals surface area (Å²) < 4.78 is 60.5. The van der Waals surface area contributed by atoms with Crippen molar-refractivity contribution < 1.29 is 36.3 Å². The van der Waals surface area contributed by atoms with E-state index in [2.05, 4.69) is 9.72 Å². The molecule has 2 aromatic heterocycles. The molecule has 2 bridgehead atoms. The Labute approximate surface area is 203 Å². The number of amides is 1. The molecule has 188 valence electrons. The number of fused-ring (bicyclic) bond motifs is 3. The van der Waals surface area contributed by atoms with E-state index in [9.17, 15) is 18.0 Å². The van der Waals surface area contributed by atoms with E-state index >= 15 is 0 Å². The van der Waals surface area contributed by atoms with E-state index in [0.717, 1.165) is 12.8 Å². The number of halogens is 4. The van der Waals surface area contributed by atoms with Crippen molar-refractivity contribution in [3.8, 4) is 17.1 Å². The van der Waals surface area contributed by atoms with Crippen molar-refractivity contribution in [1.82, 2.24) is 9.88 Å². The number of aromatic nitrogens is 1. The van der Waals surface area contributed by atoms with Crippen molar-refractivity contribution in [3.05, 3.63) is 29.5 Å². The molecule has 35 heavy (non-hydrogen) atoms. The van der Waals surface area contributed by atoms with E-state index in [4.69, 9.17) is 25.2 Å². The van der Waals surface area contributed by atoms with Crippen molar-refractivity contribution in [2.45, 2.75) is 57.7 Å². The SMILES string of the molecule is CC(C)(C)OC(=O)N1C2CCC1CN(c1nc3c(OC(F)(F)F)c(Cl)cc(-c4ccco4)c3o1)C2. The van der Waals surface area contributed by atoms with Crippen LogP contribution in [0.3, 0.4) is 0 Å². The zero-order chi connectivity index (χ0) is 25.1. The van der Waals surface area contributed by atoms with E-state index in [0.29, 0.717) is 24.4 Å². The molecule has 2 aliphatic heterocycles. The Hall–Kier alpha value is -3.08. The van der Waals surface area contributed by atoms with Gasteiger partial charge in [0.2, 0.25) is 0 Å². The molecule has 1 amide bonds. The van der Waals surface area contributed by atoms with Crippen molar-refractivity contribution in [2.75, 3.05) is 18.0 Å². The van der Waals surface area contributed by atoms with Gasteiger partial charge in [-0.1, -0.05) is 11.6 Å². The lowest BCUT2D eigenvalue weighted by molar-refractivity contribution is -0.274. The van der Waals surface area contributed by atoms with E-state index in [1.54, 1.807) is 17.0 Å². The van der Waals surface area contributed by atoms with Crippen LogP contribution in [-0.2, 0) is 4.74 Å². The highest BCUT2D eigenvalue weighted by Crippen LogP contribution is 2.44. The number of alkyl halides is 3. The fraction of sp³-hybridized carbons (Fsp3) is 0.478. The molecule has 12 heteroatoms. The minimum atomic E-state index is -4.97. The summed E-state index contributed by atoms with van der Waals surface area (Å²) in [6.45, 7) is 6.21. The Balaban J connectivity index is 1.51. The molecule has 0 aliphatic carbocycles. The van der Waals surface area contributed by atoms with Crippen LogP contribution in [0.1, 0.15) is 33.6 Å². The highest BCUT2D eigenvalue weighted by molar-refractivity contribution is 6.33. The predicted molar refractivity (Wildman–Crippen MR) is 121 cm³/mol. The maximum atomic E-state index is 13.1. The molecule has 0 saturated carbocycles. The second-order valence-corrected chi connectivity index (χ2v) is 10.0. The summed E-state index contributed by atoms with van der Waals surface area (Å²) in [7, 11) is 0. The van der Waals surface area contributed by atoms with Crippen molar-refractivity contribution in [1.29, 1.82) is 0 Å². The Morgan fingerprint density at radius 1 is 1.20 bits per heavy atom. The summed E-state index contributed by atoms with van der Waals surface area (Å²) in [4.78, 5) is 20.7. The Kier molecular flexibility index (Phi) is 5.58. The number of hydrogen-bond donors (Lipinski definition) is 0. The molecule has 8 nitrogen and oxygen atoms in total. The third kappa shape index (κ3) is 4.61. The zero-order valence-corrected chi connectivity index (χ0v) is 19.9. The number of furan rings is 1. The third-order valence-corrected chi connectivity index (χ3v) is 6.21. The van der Waals surface area contributed by atoms with E-state index in [1.807, 2.05) is 25.7 Å². The second-order valence-electron chi connectivity index (χ2n) is 9.61. The average Bonchev–Trinajstić information content (AvgIpc) is 3.46. The first-order valence-corrected chi connectivity index (χ1v) is 11.5. The van der Waals surface area contributed by atoms with Gasteiger partial charge in [-0.2, -0.15) is 4.98 Å². The summed E-state index contributed by atoms with van der Waals surface area (Å²) in [5.74, 6) is -0.289. The number of hydrogen-bond acceptors (Lipinski definition) is 7. The molecule has 0 radical (unpaired) electrons. The van der Waals surface area contributed by atoms with Gasteiger partial charge in [-0.25, -0.2) is 4.79 Å². The molecular formula is C23H23ClF3N3O5. The van der Waals surface area contributed by atoms with Gasteiger partial charge in [0.1, 0.15) is 11.4 Å². The average molecular weight is 514 g/mol. The van der Waals surface area contributed by atoms with Crippen LogP contribution in [0.25, 0.3) is 22.4 Å². The number of rotatable bonds is 3. The predicted octanol–water partition coefficient (Wildman–Crippen LogP) is 6.23. The van der Waals surface area contributed by atoms with Crippen molar-refractivity contribution in [2.24, 2.45) is 0 Å². The molecule has 3 aromatic rings. The van der Waals surface area contributed by atoms with Gasteiger partial charge in [0, 0.05) is 13.1 Å². The normalized spacial score (nSPS) is 20.5. The van der Waals surface area contributed by atoms with Crippen LogP contribution < -0.4 is 9.64 Å². The lowest BCUT2D eigenvalue weighted by Gasteiger charge is -2.40. The van der Waals surface area contributed by atoms with Gasteiger partial charge in [-0.05, 0) is 51.8 Å².